The zero-order valence-electron chi connectivity index (χ0n) is 11.6. The molecule has 1 aromatic rings. The Morgan fingerprint density at radius 3 is 2.17 bits per heavy atom. The highest BCUT2D eigenvalue weighted by Gasteiger charge is 2.12. The van der Waals surface area contributed by atoms with Crippen LogP contribution in [0.15, 0.2) is 0 Å². The van der Waals surface area contributed by atoms with E-state index in [-0.39, 0.29) is 0 Å². The lowest BCUT2D eigenvalue weighted by Gasteiger charge is -2.22. The Labute approximate surface area is 108 Å². The minimum atomic E-state index is 0.393. The second-order valence-corrected chi connectivity index (χ2v) is 4.00. The normalized spacial score (nSPS) is 10.3. The van der Waals surface area contributed by atoms with Crippen molar-refractivity contribution in [3.63, 3.8) is 0 Å². The first-order valence-corrected chi connectivity index (χ1v) is 6.34. The quantitative estimate of drug-likeness (QED) is 0.550. The first kappa shape index (κ1) is 14.4. The van der Waals surface area contributed by atoms with Crippen molar-refractivity contribution in [2.75, 3.05) is 41.9 Å². The minimum Gasteiger partial charge on any atom is -0.344 e. The van der Waals surface area contributed by atoms with Crippen LogP contribution in [0.2, 0.25) is 0 Å². The van der Waals surface area contributed by atoms with Crippen molar-refractivity contribution in [2.45, 2.75) is 27.2 Å². The molecular weight excluding hydrogens is 230 g/mol. The van der Waals surface area contributed by atoms with Gasteiger partial charge in [0.1, 0.15) is 0 Å². The van der Waals surface area contributed by atoms with Gasteiger partial charge in [0.05, 0.1) is 0 Å². The SMILES string of the molecule is CCCN(C)c1nc(NN)nc(N(CC)CC)n1. The van der Waals surface area contributed by atoms with Crippen molar-refractivity contribution in [1.29, 1.82) is 0 Å². The summed E-state index contributed by atoms with van der Waals surface area (Å²) in [4.78, 5) is 17.1. The van der Waals surface area contributed by atoms with E-state index in [4.69, 9.17) is 5.84 Å². The number of anilines is 3. The Kier molecular flexibility index (Phi) is 5.57. The molecule has 0 bridgehead atoms. The maximum absolute atomic E-state index is 5.40. The summed E-state index contributed by atoms with van der Waals surface area (Å²) in [6.45, 7) is 8.84. The van der Waals surface area contributed by atoms with Crippen LogP contribution in [0.1, 0.15) is 27.2 Å². The molecule has 0 spiro atoms. The summed E-state index contributed by atoms with van der Waals surface area (Å²) in [7, 11) is 1.96. The number of nitrogens with two attached hydrogens (primary N) is 1. The molecule has 1 heterocycles. The number of nitrogens with zero attached hydrogens (tertiary/aromatic N) is 5. The van der Waals surface area contributed by atoms with Crippen LogP contribution in [-0.4, -0.2) is 41.6 Å². The van der Waals surface area contributed by atoms with Gasteiger partial charge in [-0.3, -0.25) is 5.43 Å². The molecule has 1 aromatic heterocycles. The van der Waals surface area contributed by atoms with E-state index in [1.807, 2.05) is 11.9 Å². The molecule has 1 rings (SSSR count). The summed E-state index contributed by atoms with van der Waals surface area (Å²) in [6, 6.07) is 0. The Morgan fingerprint density at radius 1 is 1.06 bits per heavy atom. The van der Waals surface area contributed by atoms with Crippen LogP contribution in [0.5, 0.6) is 0 Å². The zero-order chi connectivity index (χ0) is 13.5. The van der Waals surface area contributed by atoms with Crippen molar-refractivity contribution in [3.8, 4) is 0 Å². The highest BCUT2D eigenvalue weighted by Crippen LogP contribution is 2.15. The largest absolute Gasteiger partial charge is 0.344 e. The Balaban J connectivity index is 3.08. The first-order valence-electron chi connectivity index (χ1n) is 6.34. The first-order chi connectivity index (χ1) is 8.65. The van der Waals surface area contributed by atoms with Gasteiger partial charge in [-0.2, -0.15) is 15.0 Å². The highest BCUT2D eigenvalue weighted by atomic mass is 15.4. The van der Waals surface area contributed by atoms with E-state index in [9.17, 15) is 0 Å². The lowest BCUT2D eigenvalue weighted by molar-refractivity contribution is 0.780. The average molecular weight is 253 g/mol. The molecular formula is C11H23N7. The summed E-state index contributed by atoms with van der Waals surface area (Å²) in [5.74, 6) is 7.09. The molecule has 0 saturated carbocycles. The monoisotopic (exact) mass is 253 g/mol. The van der Waals surface area contributed by atoms with Gasteiger partial charge in [0.15, 0.2) is 0 Å². The third kappa shape index (κ3) is 3.43. The number of nitrogens with one attached hydrogen (secondary N) is 1. The highest BCUT2D eigenvalue weighted by molar-refractivity contribution is 5.44. The van der Waals surface area contributed by atoms with Gasteiger partial charge in [-0.25, -0.2) is 5.84 Å². The fraction of sp³-hybridized carbons (Fsp3) is 0.727. The van der Waals surface area contributed by atoms with E-state index < -0.39 is 0 Å². The molecule has 0 saturated heterocycles. The number of rotatable bonds is 7. The molecule has 7 nitrogen and oxygen atoms in total. The van der Waals surface area contributed by atoms with Gasteiger partial charge in [-0.15, -0.1) is 0 Å². The third-order valence-electron chi connectivity index (χ3n) is 2.69. The smallest absolute Gasteiger partial charge is 0.243 e. The molecule has 7 heteroatoms. The van der Waals surface area contributed by atoms with E-state index in [1.165, 1.54) is 0 Å². The van der Waals surface area contributed by atoms with Gasteiger partial charge < -0.3 is 9.80 Å². The van der Waals surface area contributed by atoms with Crippen LogP contribution < -0.4 is 21.1 Å². The zero-order valence-corrected chi connectivity index (χ0v) is 11.6. The minimum absolute atomic E-state index is 0.393. The number of hydrogen-bond acceptors (Lipinski definition) is 7. The van der Waals surface area contributed by atoms with Crippen LogP contribution in [-0.2, 0) is 0 Å². The predicted molar refractivity (Wildman–Crippen MR) is 74.8 cm³/mol. The van der Waals surface area contributed by atoms with Gasteiger partial charge >= 0.3 is 0 Å². The molecule has 0 aliphatic rings. The van der Waals surface area contributed by atoms with Gasteiger partial charge in [-0.1, -0.05) is 6.92 Å². The third-order valence-corrected chi connectivity index (χ3v) is 2.69. The Hall–Kier alpha value is -1.63. The summed E-state index contributed by atoms with van der Waals surface area (Å²) >= 11 is 0. The fourth-order valence-corrected chi connectivity index (χ4v) is 1.67. The van der Waals surface area contributed by atoms with Gasteiger partial charge in [0.2, 0.25) is 17.8 Å². The van der Waals surface area contributed by atoms with Gasteiger partial charge in [0, 0.05) is 26.7 Å². The Bertz CT molecular complexity index is 364. The summed E-state index contributed by atoms with van der Waals surface area (Å²) in [5, 5.41) is 0. The number of nitrogen functional groups attached to an aromatic ring is 1. The molecule has 0 atom stereocenters. The molecule has 102 valence electrons. The molecule has 0 aliphatic heterocycles. The molecule has 0 unspecified atom stereocenters. The molecule has 0 radical (unpaired) electrons. The summed E-state index contributed by atoms with van der Waals surface area (Å²) < 4.78 is 0. The molecule has 0 amide bonds. The number of aromatic nitrogens is 3. The summed E-state index contributed by atoms with van der Waals surface area (Å²) in [6.07, 6.45) is 1.04. The predicted octanol–water partition coefficient (Wildman–Crippen LogP) is 0.850. The molecule has 0 aliphatic carbocycles. The molecule has 18 heavy (non-hydrogen) atoms. The number of hydrazine groups is 1. The van der Waals surface area contributed by atoms with E-state index in [0.29, 0.717) is 17.8 Å². The van der Waals surface area contributed by atoms with E-state index in [1.54, 1.807) is 0 Å². The second-order valence-electron chi connectivity index (χ2n) is 4.00. The average Bonchev–Trinajstić information content (AvgIpc) is 2.40. The lowest BCUT2D eigenvalue weighted by atomic mass is 10.4. The van der Waals surface area contributed by atoms with Crippen molar-refractivity contribution in [3.05, 3.63) is 0 Å². The van der Waals surface area contributed by atoms with Gasteiger partial charge in [-0.05, 0) is 20.3 Å². The van der Waals surface area contributed by atoms with Crippen LogP contribution in [0.3, 0.4) is 0 Å². The molecule has 3 N–H and O–H groups in total. The van der Waals surface area contributed by atoms with E-state index in [0.717, 1.165) is 26.1 Å². The topological polar surface area (TPSA) is 83.2 Å². The van der Waals surface area contributed by atoms with Crippen LogP contribution in [0.25, 0.3) is 0 Å². The molecule has 0 aromatic carbocycles. The van der Waals surface area contributed by atoms with E-state index in [2.05, 4.69) is 46.0 Å². The van der Waals surface area contributed by atoms with Crippen molar-refractivity contribution in [2.24, 2.45) is 5.84 Å². The standard InChI is InChI=1S/C11H23N7/c1-5-8-17(4)10-13-9(16-12)14-11(15-10)18(6-2)7-3/h5-8,12H2,1-4H3,(H,13,14,15,16). The second kappa shape index (κ2) is 6.95. The van der Waals surface area contributed by atoms with Crippen LogP contribution in [0.4, 0.5) is 17.8 Å². The Morgan fingerprint density at radius 2 is 1.67 bits per heavy atom. The number of hydrogen-bond donors (Lipinski definition) is 2. The lowest BCUT2D eigenvalue weighted by Crippen LogP contribution is -2.28. The van der Waals surface area contributed by atoms with Crippen molar-refractivity contribution < 1.29 is 0 Å². The van der Waals surface area contributed by atoms with Crippen LogP contribution >= 0.6 is 0 Å². The van der Waals surface area contributed by atoms with Crippen molar-refractivity contribution in [1.82, 2.24) is 15.0 Å². The van der Waals surface area contributed by atoms with E-state index >= 15 is 0 Å². The summed E-state index contributed by atoms with van der Waals surface area (Å²) in [5.41, 5.74) is 2.49. The maximum atomic E-state index is 5.40. The van der Waals surface area contributed by atoms with Crippen molar-refractivity contribution >= 4 is 17.8 Å². The fourth-order valence-electron chi connectivity index (χ4n) is 1.67. The maximum Gasteiger partial charge on any atom is 0.243 e. The van der Waals surface area contributed by atoms with Gasteiger partial charge in [0.25, 0.3) is 0 Å². The molecule has 0 fully saturated rings. The van der Waals surface area contributed by atoms with Crippen LogP contribution in [0, 0.1) is 0 Å².